The van der Waals surface area contributed by atoms with E-state index in [1.165, 1.54) is 10.9 Å². The number of nitrogens with two attached hydrogens (primary N) is 1. The molecule has 4 heterocycles. The van der Waals surface area contributed by atoms with Crippen LogP contribution in [0.3, 0.4) is 0 Å². The molecule has 4 atom stereocenters. The highest BCUT2D eigenvalue weighted by Crippen LogP contribution is 2.39. The van der Waals surface area contributed by atoms with E-state index in [4.69, 9.17) is 20.3 Å². The summed E-state index contributed by atoms with van der Waals surface area (Å²) in [7, 11) is -4.74. The second kappa shape index (κ2) is 7.19. The smallest absolute Gasteiger partial charge is 0.387 e. The van der Waals surface area contributed by atoms with Crippen molar-refractivity contribution in [1.29, 1.82) is 0 Å². The largest absolute Gasteiger partial charge is 0.469 e. The zero-order valence-corrected chi connectivity index (χ0v) is 15.6. The minimum absolute atomic E-state index is 0.0329. The number of hydrogen-bond acceptors (Lipinski definition) is 10. The highest BCUT2D eigenvalue weighted by molar-refractivity contribution is 7.46. The van der Waals surface area contributed by atoms with Gasteiger partial charge in [-0.3, -0.25) is 9.09 Å². The van der Waals surface area contributed by atoms with E-state index in [2.05, 4.69) is 24.4 Å². The highest BCUT2D eigenvalue weighted by Gasteiger charge is 2.45. The van der Waals surface area contributed by atoms with Crippen molar-refractivity contribution in [2.75, 3.05) is 30.3 Å². The second-order valence-electron chi connectivity index (χ2n) is 6.76. The zero-order valence-electron chi connectivity index (χ0n) is 14.7. The second-order valence-corrected chi connectivity index (χ2v) is 8.00. The number of nitrogen functional groups attached to an aromatic ring is 1. The molecule has 0 spiro atoms. The van der Waals surface area contributed by atoms with E-state index < -0.39 is 39.0 Å². The molecule has 0 unspecified atom stereocenters. The minimum Gasteiger partial charge on any atom is -0.387 e. The van der Waals surface area contributed by atoms with E-state index in [-0.39, 0.29) is 5.95 Å². The summed E-state index contributed by atoms with van der Waals surface area (Å²) in [5.74, 6) is 0.624. The van der Waals surface area contributed by atoms with Crippen molar-refractivity contribution in [3.63, 3.8) is 0 Å². The topological polar surface area (TPSA) is 189 Å². The molecule has 0 bridgehead atoms. The lowest BCUT2D eigenvalue weighted by Gasteiger charge is -2.19. The number of fused-ring (bicyclic) bond motifs is 1. The molecule has 2 aliphatic heterocycles. The van der Waals surface area contributed by atoms with Crippen LogP contribution in [-0.4, -0.2) is 77.5 Å². The summed E-state index contributed by atoms with van der Waals surface area (Å²) in [6, 6.07) is 0. The first-order valence-corrected chi connectivity index (χ1v) is 10.2. The Morgan fingerprint density at radius 2 is 1.96 bits per heavy atom. The monoisotopic (exact) mass is 416 g/mol. The maximum Gasteiger partial charge on any atom is 0.469 e. The molecule has 2 aliphatic rings. The standard InChI is InChI=1S/C14H21N6O7P/c15-14-17-11(19-3-1-2-4-19)8-12(18-14)20(6-16-8)13-10(22)9(21)7(27-13)5-26-28(23,24)25/h6-7,9-10,13,21-22H,1-5H2,(H2,15,17,18)(H2,23,24,25)/t7-,9-,10-,13-/m1/s1. The first-order chi connectivity index (χ1) is 13.2. The molecular formula is C14H21N6O7P. The lowest BCUT2D eigenvalue weighted by Crippen LogP contribution is -2.33. The molecule has 4 rings (SSSR count). The van der Waals surface area contributed by atoms with Gasteiger partial charge in [-0.1, -0.05) is 0 Å². The van der Waals surface area contributed by atoms with Gasteiger partial charge in [0.05, 0.1) is 12.9 Å². The Bertz CT molecular complexity index is 913. The predicted octanol–water partition coefficient (Wildman–Crippen LogP) is -1.26. The van der Waals surface area contributed by atoms with Crippen molar-refractivity contribution in [1.82, 2.24) is 19.5 Å². The Labute approximate surface area is 159 Å². The maximum absolute atomic E-state index is 10.9. The van der Waals surface area contributed by atoms with Gasteiger partial charge in [0.25, 0.3) is 0 Å². The van der Waals surface area contributed by atoms with Crippen molar-refractivity contribution in [2.24, 2.45) is 0 Å². The molecule has 14 heteroatoms. The van der Waals surface area contributed by atoms with Gasteiger partial charge < -0.3 is 35.4 Å². The van der Waals surface area contributed by atoms with E-state index in [0.29, 0.717) is 17.0 Å². The van der Waals surface area contributed by atoms with Gasteiger partial charge in [0.15, 0.2) is 23.2 Å². The number of hydrogen-bond donors (Lipinski definition) is 5. The fraction of sp³-hybridized carbons (Fsp3) is 0.643. The van der Waals surface area contributed by atoms with Crippen LogP contribution < -0.4 is 10.6 Å². The van der Waals surface area contributed by atoms with Crippen molar-refractivity contribution in [3.8, 4) is 0 Å². The molecule has 0 aromatic carbocycles. The molecule has 2 aromatic rings. The fourth-order valence-electron chi connectivity index (χ4n) is 3.52. The lowest BCUT2D eigenvalue weighted by molar-refractivity contribution is -0.0503. The predicted molar refractivity (Wildman–Crippen MR) is 95.1 cm³/mol. The molecule has 28 heavy (non-hydrogen) atoms. The van der Waals surface area contributed by atoms with Crippen molar-refractivity contribution in [2.45, 2.75) is 37.4 Å². The van der Waals surface area contributed by atoms with Crippen LogP contribution in [0.25, 0.3) is 11.2 Å². The number of aliphatic hydroxyl groups is 2. The van der Waals surface area contributed by atoms with Crippen molar-refractivity contribution in [3.05, 3.63) is 6.33 Å². The Hall–Kier alpha value is -1.86. The van der Waals surface area contributed by atoms with Crippen LogP contribution in [0.15, 0.2) is 6.33 Å². The van der Waals surface area contributed by atoms with Crippen LogP contribution in [0.1, 0.15) is 19.1 Å². The number of anilines is 2. The van der Waals surface area contributed by atoms with Crippen LogP contribution in [0.4, 0.5) is 11.8 Å². The number of aliphatic hydroxyl groups excluding tert-OH is 2. The number of phosphoric ester groups is 1. The molecule has 2 saturated heterocycles. The van der Waals surface area contributed by atoms with Crippen LogP contribution >= 0.6 is 7.82 Å². The Kier molecular flexibility index (Phi) is 5.00. The van der Waals surface area contributed by atoms with Gasteiger partial charge in [0.1, 0.15) is 18.3 Å². The molecule has 154 valence electrons. The number of rotatable bonds is 5. The summed E-state index contributed by atoms with van der Waals surface area (Å²) >= 11 is 0. The SMILES string of the molecule is Nc1nc(N2CCCC2)c2ncn([C@@H]3O[C@H](COP(=O)(O)O)[C@@H](O)[C@H]3O)c2n1. The van der Waals surface area contributed by atoms with Crippen LogP contribution in [-0.2, 0) is 13.8 Å². The van der Waals surface area contributed by atoms with Crippen molar-refractivity contribution < 1.29 is 33.8 Å². The van der Waals surface area contributed by atoms with Gasteiger partial charge in [-0.15, -0.1) is 0 Å². The first-order valence-electron chi connectivity index (χ1n) is 8.71. The average molecular weight is 416 g/mol. The summed E-state index contributed by atoms with van der Waals surface area (Å²) in [5, 5.41) is 20.6. The molecule has 0 saturated carbocycles. The van der Waals surface area contributed by atoms with Crippen LogP contribution in [0.5, 0.6) is 0 Å². The molecule has 6 N–H and O–H groups in total. The molecule has 0 radical (unpaired) electrons. The zero-order chi connectivity index (χ0) is 20.1. The number of aromatic nitrogens is 4. The Morgan fingerprint density at radius 3 is 2.64 bits per heavy atom. The van der Waals surface area contributed by atoms with E-state index in [1.54, 1.807) is 0 Å². The Morgan fingerprint density at radius 1 is 1.25 bits per heavy atom. The van der Waals surface area contributed by atoms with Crippen molar-refractivity contribution >= 4 is 30.8 Å². The van der Waals surface area contributed by atoms with Gasteiger partial charge in [-0.2, -0.15) is 9.97 Å². The van der Waals surface area contributed by atoms with Gasteiger partial charge >= 0.3 is 7.82 Å². The Balaban J connectivity index is 1.65. The van der Waals surface area contributed by atoms with E-state index in [1.807, 2.05) is 0 Å². The number of phosphoric acid groups is 1. The van der Waals surface area contributed by atoms with Gasteiger partial charge in [0, 0.05) is 13.1 Å². The molecule has 13 nitrogen and oxygen atoms in total. The summed E-state index contributed by atoms with van der Waals surface area (Å²) in [4.78, 5) is 32.5. The van der Waals surface area contributed by atoms with E-state index >= 15 is 0 Å². The third kappa shape index (κ3) is 3.57. The quantitative estimate of drug-likeness (QED) is 0.364. The molecule has 0 amide bonds. The maximum atomic E-state index is 10.9. The van der Waals surface area contributed by atoms with Crippen LogP contribution in [0.2, 0.25) is 0 Å². The molecule has 2 aromatic heterocycles. The summed E-state index contributed by atoms with van der Waals surface area (Å²) in [6.07, 6.45) is -1.60. The highest BCUT2D eigenvalue weighted by atomic mass is 31.2. The fourth-order valence-corrected chi connectivity index (χ4v) is 3.86. The third-order valence-electron chi connectivity index (χ3n) is 4.84. The number of ether oxygens (including phenoxy) is 1. The molecule has 0 aliphatic carbocycles. The van der Waals surface area contributed by atoms with E-state index in [0.717, 1.165) is 25.9 Å². The van der Waals surface area contributed by atoms with E-state index in [9.17, 15) is 14.8 Å². The minimum atomic E-state index is -4.74. The number of imidazole rings is 1. The molecule has 2 fully saturated rings. The normalized spacial score (nSPS) is 28.5. The summed E-state index contributed by atoms with van der Waals surface area (Å²) in [5.41, 5.74) is 6.66. The van der Waals surface area contributed by atoms with Gasteiger partial charge in [-0.05, 0) is 12.8 Å². The number of nitrogens with zero attached hydrogens (tertiary/aromatic N) is 5. The summed E-state index contributed by atoms with van der Waals surface area (Å²) in [6.45, 7) is 1.05. The third-order valence-corrected chi connectivity index (χ3v) is 5.33. The summed E-state index contributed by atoms with van der Waals surface area (Å²) < 4.78 is 22.3. The van der Waals surface area contributed by atoms with Gasteiger partial charge in [0.2, 0.25) is 5.95 Å². The average Bonchev–Trinajstić information content (AvgIpc) is 3.34. The van der Waals surface area contributed by atoms with Gasteiger partial charge in [-0.25, -0.2) is 9.55 Å². The first kappa shape index (κ1) is 19.5. The molecular weight excluding hydrogens is 395 g/mol. The van der Waals surface area contributed by atoms with Crippen LogP contribution in [0, 0.1) is 0 Å². The lowest BCUT2D eigenvalue weighted by atomic mass is 10.1.